The van der Waals surface area contributed by atoms with Gasteiger partial charge in [-0.25, -0.2) is 9.18 Å². The summed E-state index contributed by atoms with van der Waals surface area (Å²) in [5.74, 6) is -2.17. The molecule has 8 heteroatoms. The van der Waals surface area contributed by atoms with Crippen molar-refractivity contribution in [3.63, 3.8) is 0 Å². The first-order valence-corrected chi connectivity index (χ1v) is 8.49. The molecule has 0 fully saturated rings. The second-order valence-electron chi connectivity index (χ2n) is 5.00. The second kappa shape index (κ2) is 9.57. The summed E-state index contributed by atoms with van der Waals surface area (Å²) >= 11 is 0.992. The lowest BCUT2D eigenvalue weighted by atomic mass is 10.2. The highest BCUT2D eigenvalue weighted by atomic mass is 32.2. The van der Waals surface area contributed by atoms with E-state index in [-0.39, 0.29) is 5.75 Å². The van der Waals surface area contributed by atoms with Crippen molar-refractivity contribution in [1.82, 2.24) is 0 Å². The third-order valence-corrected chi connectivity index (χ3v) is 4.16. The van der Waals surface area contributed by atoms with Gasteiger partial charge >= 0.3 is 11.9 Å². The van der Waals surface area contributed by atoms with E-state index in [2.05, 4.69) is 10.1 Å². The maximum absolute atomic E-state index is 13.4. The van der Waals surface area contributed by atoms with Gasteiger partial charge in [0, 0.05) is 10.6 Å². The molecule has 6 nitrogen and oxygen atoms in total. The number of ether oxygens (including phenoxy) is 2. The molecule has 0 aliphatic carbocycles. The highest BCUT2D eigenvalue weighted by Crippen LogP contribution is 2.21. The molecule has 0 atom stereocenters. The van der Waals surface area contributed by atoms with Crippen LogP contribution in [-0.2, 0) is 19.1 Å². The van der Waals surface area contributed by atoms with Crippen LogP contribution in [0.1, 0.15) is 10.4 Å². The zero-order chi connectivity index (χ0) is 18.9. The van der Waals surface area contributed by atoms with E-state index >= 15 is 0 Å². The maximum atomic E-state index is 13.4. The molecule has 2 aromatic carbocycles. The molecular weight excluding hydrogens is 361 g/mol. The summed E-state index contributed by atoms with van der Waals surface area (Å²) in [4.78, 5) is 35.1. The van der Waals surface area contributed by atoms with E-state index in [9.17, 15) is 18.8 Å². The number of hydrogen-bond acceptors (Lipinski definition) is 6. The summed E-state index contributed by atoms with van der Waals surface area (Å²) in [6, 6.07) is 12.1. The number of rotatable bonds is 7. The number of esters is 2. The number of carbonyl (C=O) groups excluding carboxylic acids is 3. The topological polar surface area (TPSA) is 81.7 Å². The number of methoxy groups -OCH3 is 1. The largest absolute Gasteiger partial charge is 0.465 e. The molecule has 0 bridgehead atoms. The van der Waals surface area contributed by atoms with Crippen molar-refractivity contribution in [3.8, 4) is 0 Å². The molecule has 1 N–H and O–H groups in total. The van der Waals surface area contributed by atoms with Gasteiger partial charge in [-0.3, -0.25) is 9.59 Å². The van der Waals surface area contributed by atoms with Crippen molar-refractivity contribution < 1.29 is 28.2 Å². The number of carbonyl (C=O) groups is 3. The quantitative estimate of drug-likeness (QED) is 0.590. The van der Waals surface area contributed by atoms with E-state index in [1.807, 2.05) is 0 Å². The molecule has 0 saturated heterocycles. The first-order chi connectivity index (χ1) is 12.5. The predicted octanol–water partition coefficient (Wildman–Crippen LogP) is 2.89. The lowest BCUT2D eigenvalue weighted by Gasteiger charge is -2.07. The van der Waals surface area contributed by atoms with Gasteiger partial charge in [0.15, 0.2) is 6.61 Å². The van der Waals surface area contributed by atoms with Crippen molar-refractivity contribution >= 4 is 35.3 Å². The fourth-order valence-electron chi connectivity index (χ4n) is 1.89. The molecule has 0 heterocycles. The Morgan fingerprint density at radius 1 is 1.08 bits per heavy atom. The van der Waals surface area contributed by atoms with Crippen LogP contribution in [0.3, 0.4) is 0 Å². The number of nitrogens with one attached hydrogen (secondary N) is 1. The first kappa shape index (κ1) is 19.5. The van der Waals surface area contributed by atoms with Crippen molar-refractivity contribution in [2.45, 2.75) is 4.90 Å². The third-order valence-electron chi connectivity index (χ3n) is 3.14. The molecule has 2 aromatic rings. The molecular formula is C18H16FNO5S. The van der Waals surface area contributed by atoms with Crippen LogP contribution in [0.25, 0.3) is 0 Å². The van der Waals surface area contributed by atoms with Gasteiger partial charge in [-0.05, 0) is 36.4 Å². The molecule has 0 spiro atoms. The van der Waals surface area contributed by atoms with Gasteiger partial charge in [0.1, 0.15) is 5.82 Å². The molecule has 0 aliphatic heterocycles. The van der Waals surface area contributed by atoms with Crippen LogP contribution < -0.4 is 5.32 Å². The molecule has 0 radical (unpaired) electrons. The number of anilines is 1. The Kier molecular flexibility index (Phi) is 7.16. The van der Waals surface area contributed by atoms with Gasteiger partial charge in [0.25, 0.3) is 5.91 Å². The molecule has 1 amide bonds. The van der Waals surface area contributed by atoms with Crippen LogP contribution in [0.5, 0.6) is 0 Å². The molecule has 0 aromatic heterocycles. The van der Waals surface area contributed by atoms with Crippen LogP contribution in [0.15, 0.2) is 53.4 Å². The number of hydrogen-bond donors (Lipinski definition) is 1. The molecule has 0 unspecified atom stereocenters. The predicted molar refractivity (Wildman–Crippen MR) is 94.5 cm³/mol. The second-order valence-corrected chi connectivity index (χ2v) is 6.01. The summed E-state index contributed by atoms with van der Waals surface area (Å²) in [5.41, 5.74) is 0.793. The monoisotopic (exact) mass is 377 g/mol. The van der Waals surface area contributed by atoms with Crippen molar-refractivity contribution in [1.29, 1.82) is 0 Å². The van der Waals surface area contributed by atoms with E-state index in [4.69, 9.17) is 4.74 Å². The van der Waals surface area contributed by atoms with Gasteiger partial charge in [0.05, 0.1) is 18.4 Å². The van der Waals surface area contributed by atoms with Crippen molar-refractivity contribution in [2.24, 2.45) is 0 Å². The highest BCUT2D eigenvalue weighted by molar-refractivity contribution is 8.00. The van der Waals surface area contributed by atoms with Crippen molar-refractivity contribution in [2.75, 3.05) is 24.8 Å². The summed E-state index contributed by atoms with van der Waals surface area (Å²) in [5, 5.41) is 2.53. The summed E-state index contributed by atoms with van der Waals surface area (Å²) in [7, 11) is 1.27. The van der Waals surface area contributed by atoms with E-state index in [0.29, 0.717) is 16.1 Å². The van der Waals surface area contributed by atoms with Crippen LogP contribution >= 0.6 is 11.8 Å². The summed E-state index contributed by atoms with van der Waals surface area (Å²) in [6.07, 6.45) is 0. The van der Waals surface area contributed by atoms with E-state index < -0.39 is 30.3 Å². The van der Waals surface area contributed by atoms with Gasteiger partial charge in [-0.15, -0.1) is 11.8 Å². The zero-order valence-electron chi connectivity index (χ0n) is 13.9. The minimum absolute atomic E-state index is 0.109. The lowest BCUT2D eigenvalue weighted by molar-refractivity contribution is -0.144. The van der Waals surface area contributed by atoms with Gasteiger partial charge in [0.2, 0.25) is 0 Å². The summed E-state index contributed by atoms with van der Waals surface area (Å²) < 4.78 is 22.9. The zero-order valence-corrected chi connectivity index (χ0v) is 14.7. The van der Waals surface area contributed by atoms with Crippen molar-refractivity contribution in [3.05, 3.63) is 59.9 Å². The van der Waals surface area contributed by atoms with E-state index in [1.165, 1.54) is 37.4 Å². The SMILES string of the molecule is COC(=O)c1ccc(NC(=O)COC(=O)CSc2ccccc2F)cc1. The smallest absolute Gasteiger partial charge is 0.337 e. The molecule has 0 saturated carbocycles. The Bertz CT molecular complexity index is 794. The van der Waals surface area contributed by atoms with Crippen LogP contribution in [0.4, 0.5) is 10.1 Å². The number of amides is 1. The fourth-order valence-corrected chi connectivity index (χ4v) is 2.63. The maximum Gasteiger partial charge on any atom is 0.337 e. The van der Waals surface area contributed by atoms with Crippen LogP contribution in [0.2, 0.25) is 0 Å². The Balaban J connectivity index is 1.75. The summed E-state index contributed by atoms with van der Waals surface area (Å²) in [6.45, 7) is -0.463. The van der Waals surface area contributed by atoms with Crippen LogP contribution in [0, 0.1) is 5.82 Å². The van der Waals surface area contributed by atoms with E-state index in [0.717, 1.165) is 11.8 Å². The molecule has 2 rings (SSSR count). The average molecular weight is 377 g/mol. The van der Waals surface area contributed by atoms with Gasteiger partial charge in [-0.2, -0.15) is 0 Å². The number of thioether (sulfide) groups is 1. The number of benzene rings is 2. The Labute approximate surface area is 153 Å². The minimum atomic E-state index is -0.630. The number of halogens is 1. The molecule has 0 aliphatic rings. The third kappa shape index (κ3) is 5.89. The molecule has 26 heavy (non-hydrogen) atoms. The standard InChI is InChI=1S/C18H16FNO5S/c1-24-18(23)12-6-8-13(9-7-12)20-16(21)10-25-17(22)11-26-15-5-3-2-4-14(15)19/h2-9H,10-11H2,1H3,(H,20,21). The van der Waals surface area contributed by atoms with E-state index in [1.54, 1.807) is 18.2 Å². The van der Waals surface area contributed by atoms with Gasteiger partial charge in [-0.1, -0.05) is 12.1 Å². The van der Waals surface area contributed by atoms with Gasteiger partial charge < -0.3 is 14.8 Å². The Morgan fingerprint density at radius 3 is 2.42 bits per heavy atom. The Hall–Kier alpha value is -2.87. The Morgan fingerprint density at radius 2 is 1.77 bits per heavy atom. The van der Waals surface area contributed by atoms with Crippen LogP contribution in [-0.4, -0.2) is 37.3 Å². The first-order valence-electron chi connectivity index (χ1n) is 7.51. The molecule has 136 valence electrons. The fraction of sp³-hybridized carbons (Fsp3) is 0.167. The normalized spacial score (nSPS) is 10.1. The average Bonchev–Trinajstić information content (AvgIpc) is 2.65. The minimum Gasteiger partial charge on any atom is -0.465 e. The lowest BCUT2D eigenvalue weighted by Crippen LogP contribution is -2.21. The highest BCUT2D eigenvalue weighted by Gasteiger charge is 2.11.